The van der Waals surface area contributed by atoms with Crippen molar-refractivity contribution in [3.63, 3.8) is 0 Å². The van der Waals surface area contributed by atoms with Crippen molar-refractivity contribution in [1.29, 1.82) is 0 Å². The monoisotopic (exact) mass is 342 g/mol. The molecule has 1 aromatic carbocycles. The Bertz CT molecular complexity index is 698. The minimum Gasteiger partial charge on any atom is -0.481 e. The molecule has 0 spiro atoms. The lowest BCUT2D eigenvalue weighted by atomic mass is 10.3. The van der Waals surface area contributed by atoms with Gasteiger partial charge in [0.1, 0.15) is 5.03 Å². The lowest BCUT2D eigenvalue weighted by Gasteiger charge is -2.07. The third-order valence-corrected chi connectivity index (χ3v) is 4.90. The fourth-order valence-electron chi connectivity index (χ4n) is 2.00. The number of hydrogen-bond donors (Lipinski definition) is 1. The van der Waals surface area contributed by atoms with E-state index in [0.717, 1.165) is 29.2 Å². The Hall–Kier alpha value is -1.17. The van der Waals surface area contributed by atoms with Gasteiger partial charge in [0.25, 0.3) is 0 Å². The van der Waals surface area contributed by atoms with E-state index in [2.05, 4.69) is 5.10 Å². The van der Waals surface area contributed by atoms with Gasteiger partial charge in [-0.2, -0.15) is 5.10 Å². The highest BCUT2D eigenvalue weighted by atomic mass is 35.5. The molecule has 7 heteroatoms. The number of aliphatic carboxylic acids is 1. The zero-order chi connectivity index (χ0) is 15.0. The summed E-state index contributed by atoms with van der Waals surface area (Å²) in [5.74, 6) is -0.357. The summed E-state index contributed by atoms with van der Waals surface area (Å²) in [4.78, 5) is 10.8. The Morgan fingerprint density at radius 2 is 2.10 bits per heavy atom. The van der Waals surface area contributed by atoms with E-state index in [-0.39, 0.29) is 5.75 Å². The van der Waals surface area contributed by atoms with E-state index >= 15 is 0 Å². The number of hydrogen-bond acceptors (Lipinski definition) is 3. The van der Waals surface area contributed by atoms with Gasteiger partial charge in [0.05, 0.1) is 27.2 Å². The second-order valence-electron chi connectivity index (χ2n) is 4.87. The van der Waals surface area contributed by atoms with Gasteiger partial charge in [-0.05, 0) is 37.1 Å². The summed E-state index contributed by atoms with van der Waals surface area (Å²) in [7, 11) is 0. The molecule has 0 amide bonds. The molecule has 2 aromatic rings. The molecule has 0 radical (unpaired) electrons. The van der Waals surface area contributed by atoms with Gasteiger partial charge in [0.15, 0.2) is 0 Å². The molecule has 1 N–H and O–H groups in total. The number of rotatable bonds is 5. The van der Waals surface area contributed by atoms with Gasteiger partial charge in [0, 0.05) is 5.92 Å². The Morgan fingerprint density at radius 1 is 1.33 bits per heavy atom. The number of carboxylic acids is 1. The lowest BCUT2D eigenvalue weighted by Crippen LogP contribution is -2.02. The molecule has 0 atom stereocenters. The number of carboxylic acid groups (broad SMARTS) is 1. The van der Waals surface area contributed by atoms with E-state index in [1.807, 2.05) is 12.1 Å². The maximum Gasteiger partial charge on any atom is 0.313 e. The third-order valence-electron chi connectivity index (χ3n) is 3.18. The van der Waals surface area contributed by atoms with Crippen LogP contribution in [0.15, 0.2) is 29.3 Å². The van der Waals surface area contributed by atoms with Crippen LogP contribution in [0.5, 0.6) is 0 Å². The zero-order valence-electron chi connectivity index (χ0n) is 10.9. The largest absolute Gasteiger partial charge is 0.481 e. The molecular formula is C14H12Cl2N2O2S. The predicted molar refractivity (Wildman–Crippen MR) is 83.9 cm³/mol. The minimum absolute atomic E-state index is 0.00286. The molecule has 0 aliphatic heterocycles. The molecule has 0 bridgehead atoms. The Morgan fingerprint density at radius 3 is 2.71 bits per heavy atom. The molecule has 1 aliphatic carbocycles. The molecule has 1 heterocycles. The van der Waals surface area contributed by atoms with Gasteiger partial charge in [-0.15, -0.1) is 0 Å². The number of thioether (sulfide) groups is 1. The van der Waals surface area contributed by atoms with Gasteiger partial charge in [-0.3, -0.25) is 4.79 Å². The molecular weight excluding hydrogens is 331 g/mol. The second kappa shape index (κ2) is 5.91. The van der Waals surface area contributed by atoms with Crippen LogP contribution in [0.4, 0.5) is 0 Å². The van der Waals surface area contributed by atoms with Crippen LogP contribution in [0.3, 0.4) is 0 Å². The van der Waals surface area contributed by atoms with Crippen molar-refractivity contribution in [3.05, 3.63) is 40.0 Å². The Balaban J connectivity index is 1.97. The summed E-state index contributed by atoms with van der Waals surface area (Å²) in [6.07, 6.45) is 2.28. The Kier molecular flexibility index (Phi) is 4.15. The lowest BCUT2D eigenvalue weighted by molar-refractivity contribution is -0.133. The second-order valence-corrected chi connectivity index (χ2v) is 6.68. The van der Waals surface area contributed by atoms with E-state index in [9.17, 15) is 4.79 Å². The van der Waals surface area contributed by atoms with Crippen LogP contribution >= 0.6 is 35.0 Å². The summed E-state index contributed by atoms with van der Waals surface area (Å²) in [5.41, 5.74) is 1.79. The molecule has 1 saturated carbocycles. The molecule has 0 saturated heterocycles. The first-order valence-electron chi connectivity index (χ1n) is 6.44. The number of benzene rings is 1. The van der Waals surface area contributed by atoms with E-state index in [0.29, 0.717) is 16.0 Å². The SMILES string of the molecule is O=C(O)CSc1cc(C2CC2)nn1-c1ccc(Cl)c(Cl)c1. The summed E-state index contributed by atoms with van der Waals surface area (Å²) >= 11 is 13.2. The number of halogens is 2. The summed E-state index contributed by atoms with van der Waals surface area (Å²) < 4.78 is 1.74. The number of aromatic nitrogens is 2. The topological polar surface area (TPSA) is 55.1 Å². The van der Waals surface area contributed by atoms with E-state index < -0.39 is 5.97 Å². The molecule has 1 aliphatic rings. The first-order chi connectivity index (χ1) is 10.0. The summed E-state index contributed by atoms with van der Waals surface area (Å²) in [6.45, 7) is 0. The van der Waals surface area contributed by atoms with Gasteiger partial charge in [0.2, 0.25) is 0 Å². The van der Waals surface area contributed by atoms with Gasteiger partial charge in [-0.25, -0.2) is 4.68 Å². The van der Waals surface area contributed by atoms with E-state index in [1.165, 1.54) is 11.8 Å². The maximum absolute atomic E-state index is 10.8. The van der Waals surface area contributed by atoms with Crippen LogP contribution in [0.1, 0.15) is 24.5 Å². The average molecular weight is 343 g/mol. The smallest absolute Gasteiger partial charge is 0.313 e. The summed E-state index contributed by atoms with van der Waals surface area (Å²) in [6, 6.07) is 7.23. The quantitative estimate of drug-likeness (QED) is 0.826. The van der Waals surface area contributed by atoms with Crippen LogP contribution in [-0.4, -0.2) is 26.6 Å². The summed E-state index contributed by atoms with van der Waals surface area (Å²) in [5, 5.41) is 15.2. The molecule has 21 heavy (non-hydrogen) atoms. The highest BCUT2D eigenvalue weighted by molar-refractivity contribution is 7.99. The van der Waals surface area contributed by atoms with Gasteiger partial charge < -0.3 is 5.11 Å². The van der Waals surface area contributed by atoms with Crippen LogP contribution in [-0.2, 0) is 4.79 Å². The minimum atomic E-state index is -0.852. The maximum atomic E-state index is 10.8. The molecule has 3 rings (SSSR count). The van der Waals surface area contributed by atoms with Crippen molar-refractivity contribution in [2.75, 3.05) is 5.75 Å². The van der Waals surface area contributed by atoms with Crippen molar-refractivity contribution in [3.8, 4) is 5.69 Å². The first kappa shape index (κ1) is 14.8. The van der Waals surface area contributed by atoms with Crippen molar-refractivity contribution in [2.45, 2.75) is 23.8 Å². The standard InChI is InChI=1S/C14H12Cl2N2O2S/c15-10-4-3-9(5-11(10)16)18-13(21-7-14(19)20)6-12(17-18)8-1-2-8/h3-6,8H,1-2,7H2,(H,19,20). The zero-order valence-corrected chi connectivity index (χ0v) is 13.3. The molecule has 4 nitrogen and oxygen atoms in total. The van der Waals surface area contributed by atoms with Crippen molar-refractivity contribution in [2.24, 2.45) is 0 Å². The predicted octanol–water partition coefficient (Wildman–Crippen LogP) is 4.23. The Labute approximate surface area is 136 Å². The molecule has 0 unspecified atom stereocenters. The molecule has 110 valence electrons. The molecule has 1 fully saturated rings. The first-order valence-corrected chi connectivity index (χ1v) is 8.18. The van der Waals surface area contributed by atoms with Gasteiger partial charge >= 0.3 is 5.97 Å². The number of carbonyl (C=O) groups is 1. The van der Waals surface area contributed by atoms with Crippen molar-refractivity contribution >= 4 is 40.9 Å². The van der Waals surface area contributed by atoms with Crippen LogP contribution in [0.2, 0.25) is 10.0 Å². The van der Waals surface area contributed by atoms with Gasteiger partial charge in [-0.1, -0.05) is 35.0 Å². The number of nitrogens with zero attached hydrogens (tertiary/aromatic N) is 2. The van der Waals surface area contributed by atoms with Crippen LogP contribution in [0, 0.1) is 0 Å². The third kappa shape index (κ3) is 3.36. The van der Waals surface area contributed by atoms with Crippen LogP contribution in [0.25, 0.3) is 5.69 Å². The van der Waals surface area contributed by atoms with Crippen molar-refractivity contribution < 1.29 is 9.90 Å². The van der Waals surface area contributed by atoms with E-state index in [1.54, 1.807) is 16.8 Å². The highest BCUT2D eigenvalue weighted by Gasteiger charge is 2.27. The van der Waals surface area contributed by atoms with E-state index in [4.69, 9.17) is 28.3 Å². The fraction of sp³-hybridized carbons (Fsp3) is 0.286. The van der Waals surface area contributed by atoms with Crippen LogP contribution < -0.4 is 0 Å². The fourth-order valence-corrected chi connectivity index (χ4v) is 3.04. The normalized spacial score (nSPS) is 14.4. The molecule has 1 aromatic heterocycles. The average Bonchev–Trinajstić information content (AvgIpc) is 3.20. The van der Waals surface area contributed by atoms with Crippen molar-refractivity contribution in [1.82, 2.24) is 9.78 Å². The highest BCUT2D eigenvalue weighted by Crippen LogP contribution is 2.41.